The van der Waals surface area contributed by atoms with Crippen molar-refractivity contribution in [3.63, 3.8) is 0 Å². The van der Waals surface area contributed by atoms with Crippen LogP contribution in [0.15, 0.2) is 48.5 Å². The van der Waals surface area contributed by atoms with E-state index in [-0.39, 0.29) is 5.82 Å². The van der Waals surface area contributed by atoms with Crippen molar-refractivity contribution >= 4 is 0 Å². The fourth-order valence-electron chi connectivity index (χ4n) is 3.15. The molecular formula is C19H22FN. The number of nitrogens with one attached hydrogen (secondary N) is 1. The first-order chi connectivity index (χ1) is 10.3. The second-order valence-corrected chi connectivity index (χ2v) is 5.92. The summed E-state index contributed by atoms with van der Waals surface area (Å²) in [5, 5.41) is 3.63. The number of halogens is 1. The molecule has 3 rings (SSSR count). The molecule has 1 N–H and O–H groups in total. The van der Waals surface area contributed by atoms with Gasteiger partial charge in [-0.05, 0) is 54.0 Å². The number of benzene rings is 2. The van der Waals surface area contributed by atoms with Gasteiger partial charge in [-0.2, -0.15) is 0 Å². The zero-order valence-corrected chi connectivity index (χ0v) is 12.5. The average Bonchev–Trinajstić information content (AvgIpc) is 2.46. The van der Waals surface area contributed by atoms with Crippen molar-refractivity contribution in [2.45, 2.75) is 44.7 Å². The van der Waals surface area contributed by atoms with E-state index in [0.717, 1.165) is 31.4 Å². The van der Waals surface area contributed by atoms with Gasteiger partial charge in [0.2, 0.25) is 0 Å². The SMILES string of the molecule is CCc1ccccc1CNC1CC(c2cccc(F)c2)C1. The molecule has 21 heavy (non-hydrogen) atoms. The number of aryl methyl sites for hydroxylation is 1. The largest absolute Gasteiger partial charge is 0.310 e. The molecule has 0 heterocycles. The molecule has 1 fully saturated rings. The molecule has 0 unspecified atom stereocenters. The van der Waals surface area contributed by atoms with E-state index in [0.29, 0.717) is 12.0 Å². The fourth-order valence-corrected chi connectivity index (χ4v) is 3.15. The Hall–Kier alpha value is -1.67. The van der Waals surface area contributed by atoms with Crippen LogP contribution in [0, 0.1) is 5.82 Å². The van der Waals surface area contributed by atoms with Crippen molar-refractivity contribution < 1.29 is 4.39 Å². The van der Waals surface area contributed by atoms with Crippen LogP contribution in [-0.2, 0) is 13.0 Å². The van der Waals surface area contributed by atoms with Gasteiger partial charge in [0, 0.05) is 12.6 Å². The Morgan fingerprint density at radius 1 is 1.05 bits per heavy atom. The van der Waals surface area contributed by atoms with Crippen LogP contribution in [0.4, 0.5) is 4.39 Å². The third-order valence-electron chi connectivity index (χ3n) is 4.54. The smallest absolute Gasteiger partial charge is 0.123 e. The Labute approximate surface area is 126 Å². The van der Waals surface area contributed by atoms with Crippen molar-refractivity contribution in [3.05, 3.63) is 71.0 Å². The molecule has 0 bridgehead atoms. The molecule has 0 aromatic heterocycles. The molecule has 1 nitrogen and oxygen atoms in total. The minimum atomic E-state index is -0.124. The zero-order valence-electron chi connectivity index (χ0n) is 12.5. The summed E-state index contributed by atoms with van der Waals surface area (Å²) < 4.78 is 13.2. The van der Waals surface area contributed by atoms with Gasteiger partial charge in [0.25, 0.3) is 0 Å². The van der Waals surface area contributed by atoms with Gasteiger partial charge < -0.3 is 5.32 Å². The van der Waals surface area contributed by atoms with E-state index in [4.69, 9.17) is 0 Å². The van der Waals surface area contributed by atoms with Gasteiger partial charge in [-0.3, -0.25) is 0 Å². The summed E-state index contributed by atoms with van der Waals surface area (Å²) >= 11 is 0. The lowest BCUT2D eigenvalue weighted by atomic mass is 9.76. The quantitative estimate of drug-likeness (QED) is 0.856. The molecule has 0 spiro atoms. The van der Waals surface area contributed by atoms with Crippen LogP contribution >= 0.6 is 0 Å². The summed E-state index contributed by atoms with van der Waals surface area (Å²) in [6, 6.07) is 16.2. The van der Waals surface area contributed by atoms with Gasteiger partial charge in [-0.1, -0.05) is 43.3 Å². The molecule has 0 saturated heterocycles. The molecule has 1 aliphatic carbocycles. The maximum absolute atomic E-state index is 13.2. The van der Waals surface area contributed by atoms with Crippen molar-refractivity contribution in [1.82, 2.24) is 5.32 Å². The maximum Gasteiger partial charge on any atom is 0.123 e. The summed E-state index contributed by atoms with van der Waals surface area (Å²) in [7, 11) is 0. The van der Waals surface area contributed by atoms with Gasteiger partial charge >= 0.3 is 0 Å². The van der Waals surface area contributed by atoms with E-state index in [9.17, 15) is 4.39 Å². The summed E-state index contributed by atoms with van der Waals surface area (Å²) in [6.07, 6.45) is 3.30. The Balaban J connectivity index is 1.51. The number of hydrogen-bond donors (Lipinski definition) is 1. The molecule has 0 aliphatic heterocycles. The molecular weight excluding hydrogens is 261 g/mol. The molecule has 0 amide bonds. The lowest BCUT2D eigenvalue weighted by Crippen LogP contribution is -2.39. The summed E-state index contributed by atoms with van der Waals surface area (Å²) in [4.78, 5) is 0. The number of rotatable bonds is 5. The highest BCUT2D eigenvalue weighted by Gasteiger charge is 2.29. The maximum atomic E-state index is 13.2. The number of hydrogen-bond acceptors (Lipinski definition) is 1. The minimum Gasteiger partial charge on any atom is -0.310 e. The lowest BCUT2D eigenvalue weighted by molar-refractivity contribution is 0.289. The van der Waals surface area contributed by atoms with Crippen LogP contribution in [0.5, 0.6) is 0 Å². The monoisotopic (exact) mass is 283 g/mol. The highest BCUT2D eigenvalue weighted by atomic mass is 19.1. The topological polar surface area (TPSA) is 12.0 Å². The predicted octanol–water partition coefficient (Wildman–Crippen LogP) is 4.42. The predicted molar refractivity (Wildman–Crippen MR) is 84.8 cm³/mol. The van der Waals surface area contributed by atoms with Crippen LogP contribution in [0.1, 0.15) is 42.4 Å². The van der Waals surface area contributed by atoms with Crippen LogP contribution < -0.4 is 5.32 Å². The van der Waals surface area contributed by atoms with E-state index >= 15 is 0 Å². The molecule has 1 aliphatic rings. The van der Waals surface area contributed by atoms with E-state index in [1.54, 1.807) is 6.07 Å². The molecule has 0 atom stereocenters. The zero-order chi connectivity index (χ0) is 14.7. The highest BCUT2D eigenvalue weighted by Crippen LogP contribution is 2.37. The van der Waals surface area contributed by atoms with Crippen LogP contribution in [0.2, 0.25) is 0 Å². The Morgan fingerprint density at radius 3 is 2.52 bits per heavy atom. The normalized spacial score (nSPS) is 21.0. The van der Waals surface area contributed by atoms with Crippen LogP contribution in [0.25, 0.3) is 0 Å². The van der Waals surface area contributed by atoms with Crippen molar-refractivity contribution in [3.8, 4) is 0 Å². The summed E-state index contributed by atoms with van der Waals surface area (Å²) in [5.41, 5.74) is 3.96. The van der Waals surface area contributed by atoms with E-state index in [1.807, 2.05) is 12.1 Å². The second kappa shape index (κ2) is 6.40. The molecule has 1 saturated carbocycles. The van der Waals surface area contributed by atoms with Crippen molar-refractivity contribution in [2.75, 3.05) is 0 Å². The van der Waals surface area contributed by atoms with E-state index in [1.165, 1.54) is 17.2 Å². The van der Waals surface area contributed by atoms with Gasteiger partial charge in [-0.25, -0.2) is 4.39 Å². The second-order valence-electron chi connectivity index (χ2n) is 5.92. The third-order valence-corrected chi connectivity index (χ3v) is 4.54. The summed E-state index contributed by atoms with van der Waals surface area (Å²) in [5.74, 6) is 0.389. The summed E-state index contributed by atoms with van der Waals surface area (Å²) in [6.45, 7) is 3.13. The highest BCUT2D eigenvalue weighted by molar-refractivity contribution is 5.27. The van der Waals surface area contributed by atoms with Crippen molar-refractivity contribution in [1.29, 1.82) is 0 Å². The van der Waals surface area contributed by atoms with Gasteiger partial charge in [0.1, 0.15) is 5.82 Å². The van der Waals surface area contributed by atoms with Gasteiger partial charge in [0.05, 0.1) is 0 Å². The van der Waals surface area contributed by atoms with Gasteiger partial charge in [0.15, 0.2) is 0 Å². The molecule has 0 radical (unpaired) electrons. The lowest BCUT2D eigenvalue weighted by Gasteiger charge is -2.36. The van der Waals surface area contributed by atoms with Crippen molar-refractivity contribution in [2.24, 2.45) is 0 Å². The first-order valence-electron chi connectivity index (χ1n) is 7.82. The Kier molecular flexibility index (Phi) is 4.35. The van der Waals surface area contributed by atoms with E-state index in [2.05, 4.69) is 36.5 Å². The molecule has 2 aromatic carbocycles. The van der Waals surface area contributed by atoms with E-state index < -0.39 is 0 Å². The van der Waals surface area contributed by atoms with Crippen LogP contribution in [-0.4, -0.2) is 6.04 Å². The molecule has 2 heteroatoms. The standard InChI is InChI=1S/C19H22FN/c1-2-14-6-3-4-7-16(14)13-21-19-11-17(12-19)15-8-5-9-18(20)10-15/h3-10,17,19,21H,2,11-13H2,1H3. The average molecular weight is 283 g/mol. The fraction of sp³-hybridized carbons (Fsp3) is 0.368. The Bertz CT molecular complexity index is 602. The first-order valence-corrected chi connectivity index (χ1v) is 7.82. The minimum absolute atomic E-state index is 0.124. The van der Waals surface area contributed by atoms with Gasteiger partial charge in [-0.15, -0.1) is 0 Å². The van der Waals surface area contributed by atoms with Crippen LogP contribution in [0.3, 0.4) is 0 Å². The Morgan fingerprint density at radius 2 is 1.81 bits per heavy atom. The first kappa shape index (κ1) is 14.3. The molecule has 110 valence electrons. The third kappa shape index (κ3) is 3.33. The molecule has 2 aromatic rings.